The number of hydrogen-bond donors (Lipinski definition) is 0. The molecule has 21 heavy (non-hydrogen) atoms. The number of nitrogens with zero attached hydrogens (tertiary/aromatic N) is 2. The second-order valence-corrected chi connectivity index (χ2v) is 5.45. The lowest BCUT2D eigenvalue weighted by atomic mass is 10.2. The zero-order valence-electron chi connectivity index (χ0n) is 11.9. The van der Waals surface area contributed by atoms with Gasteiger partial charge in [0.1, 0.15) is 6.61 Å². The summed E-state index contributed by atoms with van der Waals surface area (Å²) in [6, 6.07) is 10.9. The molecule has 0 radical (unpaired) electrons. The van der Waals surface area contributed by atoms with Crippen molar-refractivity contribution in [3.05, 3.63) is 58.0 Å². The summed E-state index contributed by atoms with van der Waals surface area (Å²) < 4.78 is 6.59. The van der Waals surface area contributed by atoms with Crippen LogP contribution in [0.1, 0.15) is 11.3 Å². The number of ether oxygens (including phenoxy) is 1. The minimum Gasteiger partial charge on any atom is -0.460 e. The van der Waals surface area contributed by atoms with Gasteiger partial charge >= 0.3 is 5.97 Å². The third-order valence-electron chi connectivity index (χ3n) is 2.78. The zero-order valence-corrected chi connectivity index (χ0v) is 12.7. The molecule has 0 bridgehead atoms. The van der Waals surface area contributed by atoms with Crippen LogP contribution in [0.25, 0.3) is 0 Å². The van der Waals surface area contributed by atoms with Gasteiger partial charge in [-0.25, -0.2) is 4.98 Å². The first-order chi connectivity index (χ1) is 10.1. The average Bonchev–Trinajstić information content (AvgIpc) is 2.48. The Kier molecular flexibility index (Phi) is 5.16. The third-order valence-corrected chi connectivity index (χ3v) is 3.79. The molecule has 1 heterocycles. The van der Waals surface area contributed by atoms with E-state index in [0.717, 1.165) is 5.56 Å². The summed E-state index contributed by atoms with van der Waals surface area (Å²) in [6.45, 7) is 2.00. The number of rotatable bonds is 5. The SMILES string of the molecule is Cc1cc(=O)n(C)c(SCC(=O)OCc2ccccc2)n1. The van der Waals surface area contributed by atoms with E-state index in [1.54, 1.807) is 14.0 Å². The van der Waals surface area contributed by atoms with Gasteiger partial charge in [0.25, 0.3) is 5.56 Å². The molecule has 0 aliphatic rings. The summed E-state index contributed by atoms with van der Waals surface area (Å²) in [5, 5.41) is 0.511. The van der Waals surface area contributed by atoms with Gasteiger partial charge in [0.05, 0.1) is 5.75 Å². The first-order valence-electron chi connectivity index (χ1n) is 6.43. The first kappa shape index (κ1) is 15.3. The number of carbonyl (C=O) groups is 1. The largest absolute Gasteiger partial charge is 0.460 e. The van der Waals surface area contributed by atoms with Crippen LogP contribution in [-0.4, -0.2) is 21.3 Å². The summed E-state index contributed by atoms with van der Waals surface area (Å²) in [6.07, 6.45) is 0. The molecule has 1 aromatic carbocycles. The summed E-state index contributed by atoms with van der Waals surface area (Å²) in [4.78, 5) is 27.6. The Labute approximate surface area is 127 Å². The molecule has 6 heteroatoms. The van der Waals surface area contributed by atoms with E-state index >= 15 is 0 Å². The van der Waals surface area contributed by atoms with Gasteiger partial charge in [-0.3, -0.25) is 14.2 Å². The van der Waals surface area contributed by atoms with E-state index < -0.39 is 0 Å². The minimum atomic E-state index is -0.334. The summed E-state index contributed by atoms with van der Waals surface area (Å²) in [5.41, 5.74) is 1.44. The van der Waals surface area contributed by atoms with Crippen molar-refractivity contribution >= 4 is 17.7 Å². The molecule has 0 aliphatic heterocycles. The molecule has 0 fully saturated rings. The summed E-state index contributed by atoms with van der Waals surface area (Å²) in [7, 11) is 1.63. The number of thioether (sulfide) groups is 1. The van der Waals surface area contributed by atoms with Crippen molar-refractivity contribution in [1.82, 2.24) is 9.55 Å². The van der Waals surface area contributed by atoms with E-state index in [1.807, 2.05) is 30.3 Å². The predicted octanol–water partition coefficient (Wildman–Crippen LogP) is 1.92. The van der Waals surface area contributed by atoms with Gasteiger partial charge < -0.3 is 4.74 Å². The topological polar surface area (TPSA) is 61.2 Å². The fourth-order valence-electron chi connectivity index (χ4n) is 1.66. The molecule has 5 nitrogen and oxygen atoms in total. The highest BCUT2D eigenvalue weighted by atomic mass is 32.2. The first-order valence-corrected chi connectivity index (χ1v) is 7.42. The molecule has 0 amide bonds. The van der Waals surface area contributed by atoms with Gasteiger partial charge in [0.15, 0.2) is 5.16 Å². The van der Waals surface area contributed by atoms with Gasteiger partial charge in [-0.05, 0) is 12.5 Å². The van der Waals surface area contributed by atoms with Gasteiger partial charge in [-0.15, -0.1) is 0 Å². The van der Waals surface area contributed by atoms with Crippen LogP contribution in [0.4, 0.5) is 0 Å². The summed E-state index contributed by atoms with van der Waals surface area (Å²) in [5.74, 6) is -0.212. The fraction of sp³-hybridized carbons (Fsp3) is 0.267. The third kappa shape index (κ3) is 4.46. The average molecular weight is 304 g/mol. The van der Waals surface area contributed by atoms with Crippen LogP contribution in [0.3, 0.4) is 0 Å². The Bertz CT molecular complexity index is 683. The lowest BCUT2D eigenvalue weighted by Crippen LogP contribution is -2.20. The highest BCUT2D eigenvalue weighted by molar-refractivity contribution is 7.99. The van der Waals surface area contributed by atoms with Crippen LogP contribution in [0.15, 0.2) is 46.3 Å². The molecule has 110 valence electrons. The van der Waals surface area contributed by atoms with E-state index in [-0.39, 0.29) is 23.9 Å². The maximum absolute atomic E-state index is 11.7. The molecule has 0 saturated carbocycles. The maximum atomic E-state index is 11.7. The second-order valence-electron chi connectivity index (χ2n) is 4.51. The van der Waals surface area contributed by atoms with E-state index in [0.29, 0.717) is 10.9 Å². The van der Waals surface area contributed by atoms with E-state index in [2.05, 4.69) is 4.98 Å². The van der Waals surface area contributed by atoms with Crippen LogP contribution >= 0.6 is 11.8 Å². The molecular formula is C15H16N2O3S. The van der Waals surface area contributed by atoms with Crippen molar-refractivity contribution in [2.45, 2.75) is 18.7 Å². The molecule has 2 rings (SSSR count). The minimum absolute atomic E-state index is 0.122. The Hall–Kier alpha value is -2.08. The Morgan fingerprint density at radius 1 is 1.33 bits per heavy atom. The van der Waals surface area contributed by atoms with E-state index in [4.69, 9.17) is 4.74 Å². The van der Waals surface area contributed by atoms with Crippen LogP contribution in [0, 0.1) is 6.92 Å². The Morgan fingerprint density at radius 2 is 2.05 bits per heavy atom. The quantitative estimate of drug-likeness (QED) is 0.480. The van der Waals surface area contributed by atoms with Crippen molar-refractivity contribution in [2.75, 3.05) is 5.75 Å². The Balaban J connectivity index is 1.88. The fourth-order valence-corrected chi connectivity index (χ4v) is 2.48. The molecular weight excluding hydrogens is 288 g/mol. The molecule has 0 unspecified atom stereocenters. The van der Waals surface area contributed by atoms with Crippen LogP contribution in [0.2, 0.25) is 0 Å². The molecule has 0 aliphatic carbocycles. The maximum Gasteiger partial charge on any atom is 0.316 e. The number of hydrogen-bond acceptors (Lipinski definition) is 5. The molecule has 0 atom stereocenters. The van der Waals surface area contributed by atoms with Gasteiger partial charge in [0, 0.05) is 18.8 Å². The van der Waals surface area contributed by atoms with E-state index in [9.17, 15) is 9.59 Å². The number of benzene rings is 1. The molecule has 0 saturated heterocycles. The van der Waals surface area contributed by atoms with Crippen LogP contribution in [0.5, 0.6) is 0 Å². The molecule has 1 aromatic heterocycles. The molecule has 2 aromatic rings. The van der Waals surface area contributed by atoms with Gasteiger partial charge in [-0.2, -0.15) is 0 Å². The number of aromatic nitrogens is 2. The Morgan fingerprint density at radius 3 is 2.76 bits per heavy atom. The van der Waals surface area contributed by atoms with Crippen molar-refractivity contribution < 1.29 is 9.53 Å². The van der Waals surface area contributed by atoms with Crippen molar-refractivity contribution in [3.8, 4) is 0 Å². The zero-order chi connectivity index (χ0) is 15.2. The van der Waals surface area contributed by atoms with Crippen LogP contribution < -0.4 is 5.56 Å². The normalized spacial score (nSPS) is 10.4. The lowest BCUT2D eigenvalue weighted by Gasteiger charge is -2.07. The van der Waals surface area contributed by atoms with Gasteiger partial charge in [-0.1, -0.05) is 42.1 Å². The van der Waals surface area contributed by atoms with Crippen molar-refractivity contribution in [3.63, 3.8) is 0 Å². The smallest absolute Gasteiger partial charge is 0.316 e. The van der Waals surface area contributed by atoms with E-state index in [1.165, 1.54) is 22.4 Å². The highest BCUT2D eigenvalue weighted by Crippen LogP contribution is 2.14. The second kappa shape index (κ2) is 7.08. The molecule has 0 N–H and O–H groups in total. The van der Waals surface area contributed by atoms with Gasteiger partial charge in [0.2, 0.25) is 0 Å². The predicted molar refractivity (Wildman–Crippen MR) is 81.2 cm³/mol. The highest BCUT2D eigenvalue weighted by Gasteiger charge is 2.09. The monoisotopic (exact) mass is 304 g/mol. The van der Waals surface area contributed by atoms with Crippen molar-refractivity contribution in [2.24, 2.45) is 7.05 Å². The van der Waals surface area contributed by atoms with Crippen LogP contribution in [-0.2, 0) is 23.2 Å². The van der Waals surface area contributed by atoms with Crippen molar-refractivity contribution in [1.29, 1.82) is 0 Å². The number of carbonyl (C=O) groups excluding carboxylic acids is 1. The number of aryl methyl sites for hydroxylation is 1. The standard InChI is InChI=1S/C15H16N2O3S/c1-11-8-13(18)17(2)15(16-11)21-10-14(19)20-9-12-6-4-3-5-7-12/h3-8H,9-10H2,1-2H3. The number of esters is 1. The summed E-state index contributed by atoms with van der Waals surface area (Å²) >= 11 is 1.20. The molecule has 0 spiro atoms. The lowest BCUT2D eigenvalue weighted by molar-refractivity contribution is -0.141.